The molecule has 3 nitrogen and oxygen atoms in total. The first-order chi connectivity index (χ1) is 8.28. The number of aliphatic hydroxyl groups is 1. The van der Waals surface area contributed by atoms with Crippen LogP contribution in [0.2, 0.25) is 10.0 Å². The molecule has 5 heteroatoms. The highest BCUT2D eigenvalue weighted by Crippen LogP contribution is 2.27. The Morgan fingerprint density at radius 3 is 2.61 bits per heavy atom. The quantitative estimate of drug-likeness (QED) is 0.876. The first kappa shape index (κ1) is 15.6. The average molecular weight is 292 g/mol. The molecule has 0 aromatic heterocycles. The van der Waals surface area contributed by atoms with Gasteiger partial charge in [-0.15, -0.1) is 0 Å². The van der Waals surface area contributed by atoms with Crippen molar-refractivity contribution in [3.63, 3.8) is 0 Å². The van der Waals surface area contributed by atoms with Crippen molar-refractivity contribution < 1.29 is 9.84 Å². The second-order valence-electron chi connectivity index (χ2n) is 5.17. The fourth-order valence-corrected chi connectivity index (χ4v) is 1.59. The Kier molecular flexibility index (Phi) is 5.73. The molecule has 0 fully saturated rings. The summed E-state index contributed by atoms with van der Waals surface area (Å²) in [5.41, 5.74) is -0.0331. The fourth-order valence-electron chi connectivity index (χ4n) is 1.26. The number of nitrogens with one attached hydrogen (secondary N) is 1. The van der Waals surface area contributed by atoms with Crippen LogP contribution in [0.25, 0.3) is 0 Å². The van der Waals surface area contributed by atoms with Crippen LogP contribution in [0.3, 0.4) is 0 Å². The van der Waals surface area contributed by atoms with Gasteiger partial charge in [0.2, 0.25) is 0 Å². The number of benzene rings is 1. The zero-order valence-electron chi connectivity index (χ0n) is 10.8. The van der Waals surface area contributed by atoms with Gasteiger partial charge in [0.15, 0.2) is 0 Å². The molecule has 0 radical (unpaired) electrons. The van der Waals surface area contributed by atoms with E-state index in [1.807, 2.05) is 20.8 Å². The molecule has 1 rings (SSSR count). The maximum Gasteiger partial charge on any atom is 0.139 e. The van der Waals surface area contributed by atoms with E-state index < -0.39 is 6.10 Å². The summed E-state index contributed by atoms with van der Waals surface area (Å²) in [6.07, 6.45) is -0.598. The molecule has 0 amide bonds. The number of ether oxygens (including phenoxy) is 1. The van der Waals surface area contributed by atoms with Crippen LogP contribution in [0.4, 0.5) is 0 Å². The molecule has 0 saturated carbocycles. The van der Waals surface area contributed by atoms with Gasteiger partial charge in [-0.25, -0.2) is 0 Å². The standard InChI is InChI=1S/C13H19Cl2NO2/c1-13(2,3)16-7-10(17)8-18-12-6-9(14)4-5-11(12)15/h4-6,10,16-17H,7-8H2,1-3H3/t10-/m1/s1. The van der Waals surface area contributed by atoms with Crippen LogP contribution in [0.15, 0.2) is 18.2 Å². The average Bonchev–Trinajstić information content (AvgIpc) is 2.26. The van der Waals surface area contributed by atoms with E-state index in [0.29, 0.717) is 22.3 Å². The zero-order valence-corrected chi connectivity index (χ0v) is 12.3. The second kappa shape index (κ2) is 6.62. The molecule has 0 aliphatic carbocycles. The van der Waals surface area contributed by atoms with Gasteiger partial charge >= 0.3 is 0 Å². The van der Waals surface area contributed by atoms with Crippen molar-refractivity contribution in [3.8, 4) is 5.75 Å². The minimum Gasteiger partial charge on any atom is -0.489 e. The number of β-amino-alcohol motifs (C(OH)–C–C–N with tert-alkyl or cyclic N) is 1. The van der Waals surface area contributed by atoms with E-state index in [0.717, 1.165) is 0 Å². The lowest BCUT2D eigenvalue weighted by Gasteiger charge is -2.23. The highest BCUT2D eigenvalue weighted by molar-refractivity contribution is 6.34. The maximum atomic E-state index is 9.77. The zero-order chi connectivity index (χ0) is 13.8. The van der Waals surface area contributed by atoms with Crippen molar-refractivity contribution in [3.05, 3.63) is 28.2 Å². The van der Waals surface area contributed by atoms with Gasteiger partial charge in [-0.05, 0) is 32.9 Å². The lowest BCUT2D eigenvalue weighted by Crippen LogP contribution is -2.42. The highest BCUT2D eigenvalue weighted by Gasteiger charge is 2.13. The smallest absolute Gasteiger partial charge is 0.139 e. The third-order valence-electron chi connectivity index (χ3n) is 2.19. The van der Waals surface area contributed by atoms with E-state index in [2.05, 4.69) is 5.32 Å². The van der Waals surface area contributed by atoms with E-state index in [1.54, 1.807) is 18.2 Å². The largest absolute Gasteiger partial charge is 0.489 e. The molecule has 18 heavy (non-hydrogen) atoms. The van der Waals surface area contributed by atoms with Gasteiger partial charge < -0.3 is 15.2 Å². The summed E-state index contributed by atoms with van der Waals surface area (Å²) in [5, 5.41) is 14.0. The van der Waals surface area contributed by atoms with Crippen LogP contribution in [0.1, 0.15) is 20.8 Å². The molecule has 0 saturated heterocycles. The van der Waals surface area contributed by atoms with Crippen molar-refractivity contribution in [2.24, 2.45) is 0 Å². The lowest BCUT2D eigenvalue weighted by atomic mass is 10.1. The van der Waals surface area contributed by atoms with Gasteiger partial charge in [0.25, 0.3) is 0 Å². The van der Waals surface area contributed by atoms with Crippen molar-refractivity contribution in [2.75, 3.05) is 13.2 Å². The molecular weight excluding hydrogens is 273 g/mol. The van der Waals surface area contributed by atoms with Crippen LogP contribution >= 0.6 is 23.2 Å². The van der Waals surface area contributed by atoms with Gasteiger partial charge in [0.1, 0.15) is 18.5 Å². The first-order valence-electron chi connectivity index (χ1n) is 5.79. The second-order valence-corrected chi connectivity index (χ2v) is 6.01. The molecule has 0 spiro atoms. The van der Waals surface area contributed by atoms with Crippen LogP contribution < -0.4 is 10.1 Å². The summed E-state index contributed by atoms with van der Waals surface area (Å²) in [4.78, 5) is 0. The van der Waals surface area contributed by atoms with Crippen molar-refractivity contribution in [1.82, 2.24) is 5.32 Å². The SMILES string of the molecule is CC(C)(C)NC[C@@H](O)COc1cc(Cl)ccc1Cl. The van der Waals surface area contributed by atoms with E-state index in [4.69, 9.17) is 27.9 Å². The maximum absolute atomic E-state index is 9.77. The molecule has 2 N–H and O–H groups in total. The lowest BCUT2D eigenvalue weighted by molar-refractivity contribution is 0.100. The fraction of sp³-hybridized carbons (Fsp3) is 0.538. The molecule has 0 aliphatic heterocycles. The Hall–Kier alpha value is -0.480. The van der Waals surface area contributed by atoms with E-state index in [9.17, 15) is 5.11 Å². The van der Waals surface area contributed by atoms with Gasteiger partial charge in [-0.2, -0.15) is 0 Å². The molecule has 1 atom stereocenters. The van der Waals surface area contributed by atoms with E-state index in [-0.39, 0.29) is 12.1 Å². The molecule has 1 aromatic carbocycles. The van der Waals surface area contributed by atoms with Gasteiger partial charge in [-0.3, -0.25) is 0 Å². The number of rotatable bonds is 5. The third kappa shape index (κ3) is 5.91. The summed E-state index contributed by atoms with van der Waals surface area (Å²) in [6.45, 7) is 6.74. The third-order valence-corrected chi connectivity index (χ3v) is 2.74. The minimum absolute atomic E-state index is 0.0331. The Morgan fingerprint density at radius 2 is 2.00 bits per heavy atom. The van der Waals surface area contributed by atoms with Gasteiger partial charge in [0.05, 0.1) is 5.02 Å². The summed E-state index contributed by atoms with van der Waals surface area (Å²) in [6, 6.07) is 4.99. The summed E-state index contributed by atoms with van der Waals surface area (Å²) >= 11 is 11.8. The summed E-state index contributed by atoms with van der Waals surface area (Å²) in [7, 11) is 0. The molecule has 0 heterocycles. The molecule has 0 bridgehead atoms. The summed E-state index contributed by atoms with van der Waals surface area (Å²) < 4.78 is 5.44. The van der Waals surface area contributed by atoms with Crippen LogP contribution in [-0.4, -0.2) is 29.9 Å². The molecule has 0 aliphatic rings. The van der Waals surface area contributed by atoms with E-state index in [1.165, 1.54) is 0 Å². The minimum atomic E-state index is -0.598. The predicted molar refractivity (Wildman–Crippen MR) is 75.7 cm³/mol. The van der Waals surface area contributed by atoms with Gasteiger partial charge in [0, 0.05) is 23.2 Å². The number of hydrogen-bond donors (Lipinski definition) is 2. The monoisotopic (exact) mass is 291 g/mol. The molecule has 0 unspecified atom stereocenters. The number of aliphatic hydroxyl groups excluding tert-OH is 1. The number of hydrogen-bond acceptors (Lipinski definition) is 3. The first-order valence-corrected chi connectivity index (χ1v) is 6.54. The topological polar surface area (TPSA) is 41.5 Å². The van der Waals surface area contributed by atoms with Crippen molar-refractivity contribution in [1.29, 1.82) is 0 Å². The van der Waals surface area contributed by atoms with Crippen LogP contribution in [0.5, 0.6) is 5.75 Å². The van der Waals surface area contributed by atoms with Crippen LogP contribution in [0, 0.1) is 0 Å². The Balaban J connectivity index is 2.42. The number of halogens is 2. The van der Waals surface area contributed by atoms with Crippen molar-refractivity contribution >= 4 is 23.2 Å². The summed E-state index contributed by atoms with van der Waals surface area (Å²) in [5.74, 6) is 0.485. The van der Waals surface area contributed by atoms with Crippen LogP contribution in [-0.2, 0) is 0 Å². The molecule has 1 aromatic rings. The predicted octanol–water partition coefficient (Wildman–Crippen LogP) is 3.12. The Labute approximate surface area is 118 Å². The Morgan fingerprint density at radius 1 is 1.33 bits per heavy atom. The van der Waals surface area contributed by atoms with E-state index >= 15 is 0 Å². The van der Waals surface area contributed by atoms with Gasteiger partial charge in [-0.1, -0.05) is 23.2 Å². The Bertz CT molecular complexity index is 391. The molecule has 102 valence electrons. The van der Waals surface area contributed by atoms with Crippen molar-refractivity contribution in [2.45, 2.75) is 32.4 Å². The molecular formula is C13H19Cl2NO2. The highest BCUT2D eigenvalue weighted by atomic mass is 35.5. The normalized spacial score (nSPS) is 13.4.